The molecule has 30 heavy (non-hydrogen) atoms. The highest BCUT2D eigenvalue weighted by molar-refractivity contribution is 6.33. The topological polar surface area (TPSA) is 49.8 Å². The molecule has 0 bridgehead atoms. The van der Waals surface area contributed by atoms with Crippen molar-refractivity contribution >= 4 is 17.4 Å². The predicted molar refractivity (Wildman–Crippen MR) is 115 cm³/mol. The van der Waals surface area contributed by atoms with Crippen LogP contribution in [0.2, 0.25) is 5.02 Å². The lowest BCUT2D eigenvalue weighted by Gasteiger charge is -2.22. The first-order chi connectivity index (χ1) is 14.6. The zero-order chi connectivity index (χ0) is 20.9. The molecule has 0 spiro atoms. The highest BCUT2D eigenvalue weighted by Gasteiger charge is 2.16. The van der Waals surface area contributed by atoms with Crippen LogP contribution in [0.5, 0.6) is 0 Å². The quantitative estimate of drug-likeness (QED) is 0.564. The third kappa shape index (κ3) is 5.12. The Kier molecular flexibility index (Phi) is 6.55. The van der Waals surface area contributed by atoms with Gasteiger partial charge in [0.25, 0.3) is 0 Å². The normalized spacial score (nSPS) is 16.4. The molecule has 2 N–H and O–H groups in total. The maximum absolute atomic E-state index is 13.4. The highest BCUT2D eigenvalue weighted by atomic mass is 35.5. The van der Waals surface area contributed by atoms with Crippen LogP contribution >= 0.6 is 11.6 Å². The molecule has 0 saturated carbocycles. The Hall–Kier alpha value is -2.57. The molecule has 0 amide bonds. The summed E-state index contributed by atoms with van der Waals surface area (Å²) in [5, 5.41) is 7.13. The van der Waals surface area contributed by atoms with Crippen molar-refractivity contribution in [3.05, 3.63) is 76.6 Å². The molecule has 1 aromatic carbocycles. The number of benzene rings is 1. The smallest absolute Gasteiger partial charge is 0.159 e. The summed E-state index contributed by atoms with van der Waals surface area (Å²) >= 11 is 6.42. The zero-order valence-electron chi connectivity index (χ0n) is 16.5. The van der Waals surface area contributed by atoms with Gasteiger partial charge < -0.3 is 10.6 Å². The Morgan fingerprint density at radius 3 is 2.83 bits per heavy atom. The number of nitrogens with zero attached hydrogens (tertiary/aromatic N) is 2. The number of aromatic nitrogens is 2. The minimum Gasteiger partial charge on any atom is -0.366 e. The van der Waals surface area contributed by atoms with Crippen LogP contribution in [0.15, 0.2) is 48.7 Å². The lowest BCUT2D eigenvalue weighted by molar-refractivity contribution is 0.373. The monoisotopic (exact) mass is 428 g/mol. The number of halogens is 3. The Labute approximate surface area is 179 Å². The Bertz CT molecular complexity index is 1020. The van der Waals surface area contributed by atoms with E-state index in [1.807, 2.05) is 24.3 Å². The van der Waals surface area contributed by atoms with Gasteiger partial charge in [0.2, 0.25) is 0 Å². The molecule has 1 atom stereocenters. The average Bonchev–Trinajstić information content (AvgIpc) is 2.77. The summed E-state index contributed by atoms with van der Waals surface area (Å²) in [7, 11) is 0. The molecule has 4 nitrogen and oxygen atoms in total. The molecular formula is C23H23ClF2N4. The summed E-state index contributed by atoms with van der Waals surface area (Å²) in [4.78, 5) is 9.15. The number of nitrogens with one attached hydrogen (secondary N) is 2. The van der Waals surface area contributed by atoms with Crippen LogP contribution in [0.3, 0.4) is 0 Å². The number of hydrogen-bond donors (Lipinski definition) is 2. The first-order valence-corrected chi connectivity index (χ1v) is 10.5. The van der Waals surface area contributed by atoms with Crippen molar-refractivity contribution in [1.29, 1.82) is 0 Å². The number of piperidine rings is 1. The van der Waals surface area contributed by atoms with Crippen LogP contribution < -0.4 is 10.6 Å². The zero-order valence-corrected chi connectivity index (χ0v) is 17.2. The van der Waals surface area contributed by atoms with Crippen LogP contribution in [0.1, 0.15) is 24.1 Å². The molecule has 0 unspecified atom stereocenters. The first-order valence-electron chi connectivity index (χ1n) is 10.1. The second-order valence-corrected chi connectivity index (χ2v) is 7.99. The lowest BCUT2D eigenvalue weighted by atomic mass is 9.94. The second-order valence-electron chi connectivity index (χ2n) is 7.58. The van der Waals surface area contributed by atoms with E-state index in [4.69, 9.17) is 11.6 Å². The summed E-state index contributed by atoms with van der Waals surface area (Å²) < 4.78 is 26.5. The summed E-state index contributed by atoms with van der Waals surface area (Å²) in [6.45, 7) is 2.43. The molecule has 0 aliphatic carbocycles. The van der Waals surface area contributed by atoms with E-state index < -0.39 is 11.6 Å². The molecule has 1 aliphatic heterocycles. The van der Waals surface area contributed by atoms with Gasteiger partial charge >= 0.3 is 0 Å². The van der Waals surface area contributed by atoms with Crippen molar-refractivity contribution in [1.82, 2.24) is 15.3 Å². The minimum absolute atomic E-state index is 0.331. The fourth-order valence-electron chi connectivity index (χ4n) is 3.71. The third-order valence-electron chi connectivity index (χ3n) is 5.29. The number of hydrogen-bond acceptors (Lipinski definition) is 4. The molecule has 1 fully saturated rings. The summed E-state index contributed by atoms with van der Waals surface area (Å²) in [6, 6.07) is 11.5. The Morgan fingerprint density at radius 2 is 2.03 bits per heavy atom. The number of pyridine rings is 2. The molecular weight excluding hydrogens is 406 g/mol. The molecule has 2 aromatic heterocycles. The first kappa shape index (κ1) is 20.7. The maximum atomic E-state index is 13.4. The van der Waals surface area contributed by atoms with Gasteiger partial charge in [-0.3, -0.25) is 4.98 Å². The molecule has 1 saturated heterocycles. The largest absolute Gasteiger partial charge is 0.366 e. The molecule has 0 radical (unpaired) electrons. The molecule has 1 aliphatic rings. The van der Waals surface area contributed by atoms with Gasteiger partial charge in [-0.05, 0) is 74.2 Å². The Balaban J connectivity index is 1.49. The van der Waals surface area contributed by atoms with Gasteiger partial charge in [-0.2, -0.15) is 0 Å². The van der Waals surface area contributed by atoms with Gasteiger partial charge in [-0.1, -0.05) is 23.7 Å². The Morgan fingerprint density at radius 1 is 1.13 bits per heavy atom. The fraction of sp³-hybridized carbons (Fsp3) is 0.304. The highest BCUT2D eigenvalue weighted by Crippen LogP contribution is 2.28. The van der Waals surface area contributed by atoms with E-state index in [9.17, 15) is 8.78 Å². The summed E-state index contributed by atoms with van der Waals surface area (Å²) in [5.41, 5.74) is 3.21. The third-order valence-corrected chi connectivity index (χ3v) is 5.59. The SMILES string of the molecule is Fc1ccc(CNc2cccc(-c3cc(C[C@H]4CCCNC4)ncc3Cl)n2)cc1F. The second kappa shape index (κ2) is 9.49. The predicted octanol–water partition coefficient (Wildman–Crippen LogP) is 5.23. The van der Waals surface area contributed by atoms with Crippen LogP contribution in [0, 0.1) is 17.6 Å². The van der Waals surface area contributed by atoms with Crippen LogP contribution in [-0.2, 0) is 13.0 Å². The summed E-state index contributed by atoms with van der Waals surface area (Å²) in [6.07, 6.45) is 4.99. The molecule has 156 valence electrons. The number of anilines is 1. The van der Waals surface area contributed by atoms with Crippen molar-refractivity contribution < 1.29 is 8.78 Å². The van der Waals surface area contributed by atoms with E-state index in [1.54, 1.807) is 12.3 Å². The minimum atomic E-state index is -0.861. The molecule has 3 heterocycles. The van der Waals surface area contributed by atoms with Crippen LogP contribution in [-0.4, -0.2) is 23.1 Å². The van der Waals surface area contributed by atoms with Gasteiger partial charge in [-0.25, -0.2) is 13.8 Å². The molecule has 4 rings (SSSR count). The van der Waals surface area contributed by atoms with Gasteiger partial charge in [0, 0.05) is 24.0 Å². The standard InChI is InChI=1S/C23H23ClF2N4/c24-19-14-28-17(9-15-3-2-8-27-12-15)11-18(19)22-4-1-5-23(30-22)29-13-16-6-7-20(25)21(26)10-16/h1,4-7,10-11,14-15,27H,2-3,8-9,12-13H2,(H,29,30)/t15-/m1/s1. The van der Waals surface area contributed by atoms with E-state index in [-0.39, 0.29) is 0 Å². The van der Waals surface area contributed by atoms with E-state index in [2.05, 4.69) is 20.6 Å². The van der Waals surface area contributed by atoms with Gasteiger partial charge in [-0.15, -0.1) is 0 Å². The van der Waals surface area contributed by atoms with Crippen LogP contribution in [0.4, 0.5) is 14.6 Å². The summed E-state index contributed by atoms with van der Waals surface area (Å²) in [5.74, 6) is -0.508. The van der Waals surface area contributed by atoms with Crippen molar-refractivity contribution in [3.63, 3.8) is 0 Å². The van der Waals surface area contributed by atoms with Gasteiger partial charge in [0.1, 0.15) is 5.82 Å². The van der Waals surface area contributed by atoms with Crippen molar-refractivity contribution in [2.75, 3.05) is 18.4 Å². The maximum Gasteiger partial charge on any atom is 0.159 e. The van der Waals surface area contributed by atoms with Gasteiger partial charge in [0.15, 0.2) is 11.6 Å². The fourth-order valence-corrected chi connectivity index (χ4v) is 3.91. The van der Waals surface area contributed by atoms with Crippen molar-refractivity contribution in [3.8, 4) is 11.3 Å². The van der Waals surface area contributed by atoms with Crippen molar-refractivity contribution in [2.24, 2.45) is 5.92 Å². The van der Waals surface area contributed by atoms with Crippen LogP contribution in [0.25, 0.3) is 11.3 Å². The number of rotatable bonds is 6. The van der Waals surface area contributed by atoms with Crippen molar-refractivity contribution in [2.45, 2.75) is 25.8 Å². The van der Waals surface area contributed by atoms with E-state index in [0.717, 1.165) is 42.5 Å². The van der Waals surface area contributed by atoms with E-state index >= 15 is 0 Å². The molecule has 3 aromatic rings. The molecule has 7 heteroatoms. The van der Waals surface area contributed by atoms with E-state index in [1.165, 1.54) is 18.9 Å². The average molecular weight is 429 g/mol. The van der Waals surface area contributed by atoms with E-state index in [0.29, 0.717) is 28.9 Å². The van der Waals surface area contributed by atoms with Gasteiger partial charge in [0.05, 0.1) is 10.7 Å². The lowest BCUT2D eigenvalue weighted by Crippen LogP contribution is -2.31.